The largest absolute Gasteiger partial charge is 0.454 e. The number of carbonyl (C=O) groups is 1. The molecule has 1 fully saturated rings. The third-order valence-corrected chi connectivity index (χ3v) is 4.89. The zero-order valence-electron chi connectivity index (χ0n) is 12.3. The second-order valence-electron chi connectivity index (χ2n) is 5.32. The highest BCUT2D eigenvalue weighted by Crippen LogP contribution is 2.36. The van der Waals surface area contributed by atoms with Gasteiger partial charge in [0.2, 0.25) is 0 Å². The predicted octanol–water partition coefficient (Wildman–Crippen LogP) is 3.48. The summed E-state index contributed by atoms with van der Waals surface area (Å²) >= 11 is 0.966. The molecule has 3 nitrogen and oxygen atoms in total. The number of aliphatic hydroxyl groups is 1. The molecular formula is C18H16FO3S. The van der Waals surface area contributed by atoms with Crippen molar-refractivity contribution in [2.45, 2.75) is 23.0 Å². The van der Waals surface area contributed by atoms with Gasteiger partial charge in [-0.3, -0.25) is 0 Å². The van der Waals surface area contributed by atoms with Gasteiger partial charge in [-0.1, -0.05) is 42.5 Å². The zero-order valence-corrected chi connectivity index (χ0v) is 13.1. The molecule has 0 amide bonds. The van der Waals surface area contributed by atoms with Gasteiger partial charge in [0.05, 0.1) is 5.56 Å². The summed E-state index contributed by atoms with van der Waals surface area (Å²) in [5, 5.41) is 8.92. The topological polar surface area (TPSA) is 46.5 Å². The Balaban J connectivity index is 1.71. The van der Waals surface area contributed by atoms with Gasteiger partial charge in [-0.2, -0.15) is 0 Å². The lowest BCUT2D eigenvalue weighted by Gasteiger charge is -2.17. The van der Waals surface area contributed by atoms with Crippen LogP contribution < -0.4 is 0 Å². The van der Waals surface area contributed by atoms with Crippen molar-refractivity contribution in [3.05, 3.63) is 67.1 Å². The van der Waals surface area contributed by atoms with Crippen LogP contribution >= 0.6 is 11.8 Å². The van der Waals surface area contributed by atoms with E-state index in [0.717, 1.165) is 22.9 Å². The summed E-state index contributed by atoms with van der Waals surface area (Å²) in [6.07, 6.45) is -2.65. The van der Waals surface area contributed by atoms with Crippen molar-refractivity contribution < 1.29 is 19.0 Å². The summed E-state index contributed by atoms with van der Waals surface area (Å²) in [4.78, 5) is 12.1. The Morgan fingerprint density at radius 3 is 2.26 bits per heavy atom. The average molecular weight is 331 g/mol. The van der Waals surface area contributed by atoms with Crippen LogP contribution in [0.4, 0.5) is 4.39 Å². The number of halogens is 1. The summed E-state index contributed by atoms with van der Waals surface area (Å²) in [7, 11) is 0. The van der Waals surface area contributed by atoms with E-state index in [4.69, 9.17) is 4.74 Å². The van der Waals surface area contributed by atoms with Crippen LogP contribution in [0.3, 0.4) is 0 Å². The number of benzene rings is 2. The molecule has 1 N–H and O–H groups in total. The second kappa shape index (κ2) is 6.72. The van der Waals surface area contributed by atoms with Gasteiger partial charge in [-0.05, 0) is 30.2 Å². The van der Waals surface area contributed by atoms with Gasteiger partial charge in [0.15, 0.2) is 6.17 Å². The monoisotopic (exact) mass is 331 g/mol. The molecule has 1 heterocycles. The summed E-state index contributed by atoms with van der Waals surface area (Å²) in [6, 6.07) is 16.7. The highest BCUT2D eigenvalue weighted by Gasteiger charge is 2.44. The molecule has 4 atom stereocenters. The summed E-state index contributed by atoms with van der Waals surface area (Å²) in [5.41, 5.74) is 1.17. The van der Waals surface area contributed by atoms with E-state index in [-0.39, 0.29) is 0 Å². The van der Waals surface area contributed by atoms with Gasteiger partial charge in [-0.25, -0.2) is 9.18 Å². The quantitative estimate of drug-likeness (QED) is 0.875. The Morgan fingerprint density at radius 2 is 1.70 bits per heavy atom. The number of hydrogen-bond acceptors (Lipinski definition) is 4. The Hall–Kier alpha value is -1.85. The molecule has 1 aliphatic heterocycles. The fourth-order valence-corrected chi connectivity index (χ4v) is 3.48. The van der Waals surface area contributed by atoms with Gasteiger partial charge in [0.25, 0.3) is 0 Å². The van der Waals surface area contributed by atoms with Crippen LogP contribution in [-0.2, 0) is 4.74 Å². The summed E-state index contributed by atoms with van der Waals surface area (Å²) < 4.78 is 19.0. The maximum atomic E-state index is 13.8. The molecule has 23 heavy (non-hydrogen) atoms. The van der Waals surface area contributed by atoms with Crippen LogP contribution in [0.1, 0.15) is 10.4 Å². The molecular weight excluding hydrogens is 315 g/mol. The normalized spacial score (nSPS) is 26.9. The molecule has 1 radical (unpaired) electrons. The van der Waals surface area contributed by atoms with Crippen molar-refractivity contribution >= 4 is 17.7 Å². The Bertz CT molecular complexity index is 674. The highest BCUT2D eigenvalue weighted by molar-refractivity contribution is 8.00. The fraction of sp³-hybridized carbons (Fsp3) is 0.222. The molecule has 0 bridgehead atoms. The van der Waals surface area contributed by atoms with Crippen molar-refractivity contribution in [1.29, 1.82) is 0 Å². The minimum atomic E-state index is -1.62. The van der Waals surface area contributed by atoms with E-state index in [2.05, 4.69) is 6.92 Å². The number of esters is 1. The van der Waals surface area contributed by atoms with Gasteiger partial charge < -0.3 is 9.84 Å². The van der Waals surface area contributed by atoms with Crippen LogP contribution in [0.5, 0.6) is 0 Å². The van der Waals surface area contributed by atoms with E-state index in [0.29, 0.717) is 5.56 Å². The van der Waals surface area contributed by atoms with Crippen LogP contribution in [0.15, 0.2) is 54.6 Å². The maximum absolute atomic E-state index is 13.8. The van der Waals surface area contributed by atoms with E-state index in [1.807, 2.05) is 42.5 Å². The molecule has 1 saturated heterocycles. The van der Waals surface area contributed by atoms with E-state index in [1.165, 1.54) is 0 Å². The van der Waals surface area contributed by atoms with Gasteiger partial charge in [0, 0.05) is 5.25 Å². The van der Waals surface area contributed by atoms with Gasteiger partial charge in [-0.15, -0.1) is 11.8 Å². The molecule has 3 rings (SSSR count). The van der Waals surface area contributed by atoms with E-state index < -0.39 is 28.9 Å². The van der Waals surface area contributed by atoms with Gasteiger partial charge in [0.1, 0.15) is 11.5 Å². The van der Waals surface area contributed by atoms with Crippen LogP contribution in [0.25, 0.3) is 11.1 Å². The van der Waals surface area contributed by atoms with Gasteiger partial charge >= 0.3 is 5.97 Å². The smallest absolute Gasteiger partial charge is 0.338 e. The summed E-state index contributed by atoms with van der Waals surface area (Å²) in [5.74, 6) is -0.611. The number of hydrogen-bond donors (Lipinski definition) is 1. The van der Waals surface area contributed by atoms with Crippen molar-refractivity contribution in [3.63, 3.8) is 0 Å². The number of alkyl halides is 1. The molecule has 1 unspecified atom stereocenters. The van der Waals surface area contributed by atoms with E-state index in [9.17, 15) is 14.3 Å². The molecule has 2 aromatic rings. The number of aliphatic hydroxyl groups excluding tert-OH is 1. The number of ether oxygens (including phenoxy) is 1. The molecule has 2 aromatic carbocycles. The Kier molecular flexibility index (Phi) is 4.68. The number of carbonyl (C=O) groups excluding carboxylic acids is 1. The molecule has 119 valence electrons. The molecule has 0 aliphatic carbocycles. The number of rotatable bonds is 3. The lowest BCUT2D eigenvalue weighted by molar-refractivity contribution is -0.00185. The number of thioether (sulfide) groups is 1. The van der Waals surface area contributed by atoms with Crippen molar-refractivity contribution in [1.82, 2.24) is 0 Å². The Morgan fingerprint density at radius 1 is 1.09 bits per heavy atom. The van der Waals surface area contributed by atoms with Crippen molar-refractivity contribution in [2.75, 3.05) is 0 Å². The minimum absolute atomic E-state index is 0.343. The minimum Gasteiger partial charge on any atom is -0.454 e. The standard InChI is InChI=1S/C18H16FO3S/c1-11-16(15(19)18(21)23-11)22-17(20)14-9-7-13(8-10-14)12-5-3-2-4-6-12/h2-11,15-16,18,21H,1H2/t11-,15+,16-,18?/m1/s1. The molecule has 1 aliphatic rings. The third kappa shape index (κ3) is 3.41. The Labute approximate surface area is 138 Å². The highest BCUT2D eigenvalue weighted by atomic mass is 32.2. The third-order valence-electron chi connectivity index (χ3n) is 3.74. The first-order valence-electron chi connectivity index (χ1n) is 7.23. The fourth-order valence-electron chi connectivity index (χ4n) is 2.46. The molecule has 0 spiro atoms. The van der Waals surface area contributed by atoms with Crippen LogP contribution in [0.2, 0.25) is 0 Å². The van der Waals surface area contributed by atoms with Crippen molar-refractivity contribution in [2.24, 2.45) is 0 Å². The first-order chi connectivity index (χ1) is 11.1. The molecule has 0 aromatic heterocycles. The summed E-state index contributed by atoms with van der Waals surface area (Å²) in [6.45, 7) is 3.71. The zero-order chi connectivity index (χ0) is 16.4. The van der Waals surface area contributed by atoms with Crippen LogP contribution in [0, 0.1) is 6.92 Å². The first-order valence-corrected chi connectivity index (χ1v) is 8.17. The van der Waals surface area contributed by atoms with Crippen LogP contribution in [-0.4, -0.2) is 34.0 Å². The SMILES string of the molecule is [CH2][C@H]1SC(O)[C@@H](F)[C@@H]1OC(=O)c1ccc(-c2ccccc2)cc1. The lowest BCUT2D eigenvalue weighted by Crippen LogP contribution is -2.33. The maximum Gasteiger partial charge on any atom is 0.338 e. The molecule has 0 saturated carbocycles. The van der Waals surface area contributed by atoms with Crippen molar-refractivity contribution in [3.8, 4) is 11.1 Å². The van der Waals surface area contributed by atoms with E-state index in [1.54, 1.807) is 12.1 Å². The molecule has 5 heteroatoms. The first kappa shape index (κ1) is 16.0. The average Bonchev–Trinajstić information content (AvgIpc) is 2.82. The second-order valence-corrected chi connectivity index (χ2v) is 6.68. The lowest BCUT2D eigenvalue weighted by atomic mass is 10.0. The van der Waals surface area contributed by atoms with E-state index >= 15 is 0 Å². The predicted molar refractivity (Wildman–Crippen MR) is 88.7 cm³/mol.